The molecule has 5 heterocycles. The summed E-state index contributed by atoms with van der Waals surface area (Å²) in [5.74, 6) is 1.07. The molecule has 3 aliphatic rings. The van der Waals surface area contributed by atoms with Crippen LogP contribution in [-0.2, 0) is 30.6 Å². The van der Waals surface area contributed by atoms with Crippen molar-refractivity contribution >= 4 is 17.4 Å². The molecule has 1 fully saturated rings. The van der Waals surface area contributed by atoms with E-state index in [9.17, 15) is 9.18 Å². The quantitative estimate of drug-likeness (QED) is 0.682. The lowest BCUT2D eigenvalue weighted by atomic mass is 9.94. The van der Waals surface area contributed by atoms with Gasteiger partial charge in [-0.15, -0.1) is 0 Å². The van der Waals surface area contributed by atoms with Crippen LogP contribution in [0, 0.1) is 11.7 Å². The molecule has 1 amide bonds. The van der Waals surface area contributed by atoms with Crippen molar-refractivity contribution in [1.82, 2.24) is 24.8 Å². The minimum Gasteiger partial charge on any atom is -0.354 e. The standard InChI is InChI=1S/C23H25FN6O/c24-19-3-1-2-15-12-28(11-7-17(15)19)23(31)16-13-29(14-16)22-18-4-8-25-9-5-20(18)27-21-6-10-26-30(21)22/h1-3,6,10,16,25H,4-5,7-9,11-14H2. The number of hydrogen-bond donors (Lipinski definition) is 1. The van der Waals surface area contributed by atoms with E-state index in [1.165, 1.54) is 11.6 Å². The van der Waals surface area contributed by atoms with Crippen LogP contribution >= 0.6 is 0 Å². The van der Waals surface area contributed by atoms with E-state index in [1.807, 2.05) is 21.5 Å². The summed E-state index contributed by atoms with van der Waals surface area (Å²) in [4.78, 5) is 22.2. The Morgan fingerprint density at radius 2 is 1.97 bits per heavy atom. The Morgan fingerprint density at radius 3 is 2.87 bits per heavy atom. The molecule has 0 radical (unpaired) electrons. The maximum atomic E-state index is 14.0. The van der Waals surface area contributed by atoms with Crippen molar-refractivity contribution in [2.75, 3.05) is 37.6 Å². The minimum atomic E-state index is -0.157. The second-order valence-corrected chi connectivity index (χ2v) is 8.70. The Hall–Kier alpha value is -3.00. The van der Waals surface area contributed by atoms with E-state index in [-0.39, 0.29) is 17.6 Å². The molecule has 0 aliphatic carbocycles. The maximum Gasteiger partial charge on any atom is 0.229 e. The molecule has 1 aromatic carbocycles. The van der Waals surface area contributed by atoms with Crippen molar-refractivity contribution in [3.63, 3.8) is 0 Å². The number of rotatable bonds is 2. The number of nitrogens with zero attached hydrogens (tertiary/aromatic N) is 5. The first kappa shape index (κ1) is 18.7. The van der Waals surface area contributed by atoms with Gasteiger partial charge in [0.25, 0.3) is 0 Å². The fourth-order valence-corrected chi connectivity index (χ4v) is 5.16. The number of fused-ring (bicyclic) bond motifs is 3. The first-order valence-corrected chi connectivity index (χ1v) is 11.1. The van der Waals surface area contributed by atoms with Crippen LogP contribution in [0.25, 0.3) is 5.65 Å². The third kappa shape index (κ3) is 3.08. The summed E-state index contributed by atoms with van der Waals surface area (Å²) in [6.45, 7) is 4.32. The highest BCUT2D eigenvalue weighted by Crippen LogP contribution is 2.33. The molecule has 6 rings (SSSR count). The molecule has 1 N–H and O–H groups in total. The molecular weight excluding hydrogens is 395 g/mol. The number of nitrogens with one attached hydrogen (secondary N) is 1. The average molecular weight is 420 g/mol. The molecule has 31 heavy (non-hydrogen) atoms. The zero-order valence-corrected chi connectivity index (χ0v) is 17.4. The van der Waals surface area contributed by atoms with Gasteiger partial charge in [0.2, 0.25) is 5.91 Å². The van der Waals surface area contributed by atoms with Gasteiger partial charge in [-0.05, 0) is 36.6 Å². The molecule has 0 spiro atoms. The molecule has 0 unspecified atom stereocenters. The number of halogens is 1. The Bertz CT molecular complexity index is 1170. The topological polar surface area (TPSA) is 65.8 Å². The fourth-order valence-electron chi connectivity index (χ4n) is 5.16. The zero-order valence-electron chi connectivity index (χ0n) is 17.4. The number of amides is 1. The van der Waals surface area contributed by atoms with E-state index in [0.717, 1.165) is 54.2 Å². The normalized spacial score (nSPS) is 19.0. The van der Waals surface area contributed by atoms with Crippen LogP contribution in [0.15, 0.2) is 30.5 Å². The smallest absolute Gasteiger partial charge is 0.229 e. The van der Waals surface area contributed by atoms with Crippen molar-refractivity contribution in [1.29, 1.82) is 0 Å². The Kier molecular flexibility index (Phi) is 4.41. The van der Waals surface area contributed by atoms with Gasteiger partial charge in [0.05, 0.1) is 17.8 Å². The van der Waals surface area contributed by atoms with E-state index in [2.05, 4.69) is 15.3 Å². The maximum absolute atomic E-state index is 14.0. The molecule has 2 aromatic heterocycles. The second kappa shape index (κ2) is 7.30. The minimum absolute atomic E-state index is 0.0339. The molecule has 0 bridgehead atoms. The van der Waals surface area contributed by atoms with Gasteiger partial charge < -0.3 is 15.1 Å². The van der Waals surface area contributed by atoms with Gasteiger partial charge in [-0.1, -0.05) is 12.1 Å². The number of hydrogen-bond acceptors (Lipinski definition) is 5. The van der Waals surface area contributed by atoms with Crippen LogP contribution < -0.4 is 10.2 Å². The molecule has 0 atom stereocenters. The van der Waals surface area contributed by atoms with Crippen molar-refractivity contribution < 1.29 is 9.18 Å². The largest absolute Gasteiger partial charge is 0.354 e. The van der Waals surface area contributed by atoms with Crippen LogP contribution in [0.2, 0.25) is 0 Å². The van der Waals surface area contributed by atoms with Gasteiger partial charge in [0.1, 0.15) is 11.6 Å². The summed E-state index contributed by atoms with van der Waals surface area (Å²) in [7, 11) is 0. The second-order valence-electron chi connectivity index (χ2n) is 8.70. The van der Waals surface area contributed by atoms with Gasteiger partial charge in [-0.2, -0.15) is 9.61 Å². The summed E-state index contributed by atoms with van der Waals surface area (Å²) in [6, 6.07) is 7.10. The molecule has 0 saturated carbocycles. The third-order valence-corrected chi connectivity index (χ3v) is 6.83. The number of anilines is 1. The van der Waals surface area contributed by atoms with Crippen LogP contribution in [0.3, 0.4) is 0 Å². The van der Waals surface area contributed by atoms with Crippen molar-refractivity contribution in [2.45, 2.75) is 25.8 Å². The van der Waals surface area contributed by atoms with E-state index in [4.69, 9.17) is 4.98 Å². The average Bonchev–Trinajstić information content (AvgIpc) is 3.09. The Labute approximate surface area is 179 Å². The predicted octanol–water partition coefficient (Wildman–Crippen LogP) is 1.58. The van der Waals surface area contributed by atoms with Crippen molar-refractivity contribution in [2.24, 2.45) is 5.92 Å². The Balaban J connectivity index is 1.22. The molecule has 8 heteroatoms. The highest BCUT2D eigenvalue weighted by atomic mass is 19.1. The monoisotopic (exact) mass is 420 g/mol. The van der Waals surface area contributed by atoms with E-state index in [0.29, 0.717) is 32.6 Å². The van der Waals surface area contributed by atoms with E-state index in [1.54, 1.807) is 12.3 Å². The summed E-state index contributed by atoms with van der Waals surface area (Å²) in [5, 5.41) is 7.96. The first-order chi connectivity index (χ1) is 15.2. The predicted molar refractivity (Wildman–Crippen MR) is 114 cm³/mol. The molecule has 1 saturated heterocycles. The summed E-state index contributed by atoms with van der Waals surface area (Å²) in [6.07, 6.45) is 4.19. The molecular formula is C23H25FN6O. The molecule has 160 valence electrons. The molecule has 7 nitrogen and oxygen atoms in total. The lowest BCUT2D eigenvalue weighted by Crippen LogP contribution is -2.56. The van der Waals surface area contributed by atoms with Crippen LogP contribution in [0.4, 0.5) is 10.2 Å². The lowest BCUT2D eigenvalue weighted by Gasteiger charge is -2.43. The first-order valence-electron chi connectivity index (χ1n) is 11.1. The van der Waals surface area contributed by atoms with Crippen LogP contribution in [-0.4, -0.2) is 58.1 Å². The van der Waals surface area contributed by atoms with Crippen molar-refractivity contribution in [3.05, 3.63) is 58.7 Å². The van der Waals surface area contributed by atoms with Crippen LogP contribution in [0.1, 0.15) is 22.4 Å². The summed E-state index contributed by atoms with van der Waals surface area (Å²) in [5.41, 5.74) is 4.93. The third-order valence-electron chi connectivity index (χ3n) is 6.83. The lowest BCUT2D eigenvalue weighted by molar-refractivity contribution is -0.137. The summed E-state index contributed by atoms with van der Waals surface area (Å²) >= 11 is 0. The summed E-state index contributed by atoms with van der Waals surface area (Å²) < 4.78 is 15.9. The number of carbonyl (C=O) groups is 1. The van der Waals surface area contributed by atoms with Gasteiger partial charge >= 0.3 is 0 Å². The van der Waals surface area contributed by atoms with Gasteiger partial charge in [-0.3, -0.25) is 4.79 Å². The van der Waals surface area contributed by atoms with Gasteiger partial charge in [0.15, 0.2) is 5.65 Å². The van der Waals surface area contributed by atoms with E-state index >= 15 is 0 Å². The highest BCUT2D eigenvalue weighted by molar-refractivity contribution is 5.82. The van der Waals surface area contributed by atoms with E-state index < -0.39 is 0 Å². The zero-order chi connectivity index (χ0) is 20.9. The van der Waals surface area contributed by atoms with Crippen molar-refractivity contribution in [3.8, 4) is 0 Å². The van der Waals surface area contributed by atoms with Gasteiger partial charge in [-0.25, -0.2) is 9.37 Å². The molecule has 3 aliphatic heterocycles. The number of aromatic nitrogens is 3. The Morgan fingerprint density at radius 1 is 1.10 bits per heavy atom. The molecule has 3 aromatic rings. The SMILES string of the molecule is O=C(C1CN(c2c3c(nc4ccnn24)CCNCC3)C1)N1CCc2c(F)cccc2C1. The van der Waals surface area contributed by atoms with Crippen LogP contribution in [0.5, 0.6) is 0 Å². The highest BCUT2D eigenvalue weighted by Gasteiger charge is 2.39. The number of benzene rings is 1. The van der Waals surface area contributed by atoms with Gasteiger partial charge in [0, 0.05) is 50.8 Å². The fraction of sp³-hybridized carbons (Fsp3) is 0.435. The number of carbonyl (C=O) groups excluding carboxylic acids is 1.